The normalized spacial score (nSPS) is 11.7. The second-order valence-corrected chi connectivity index (χ2v) is 14.3. The van der Waals surface area contributed by atoms with Gasteiger partial charge in [0.15, 0.2) is 0 Å². The number of benzene rings is 2. The zero-order valence-electron chi connectivity index (χ0n) is 19.0. The maximum Gasteiger partial charge on any atom is 0.410 e. The Morgan fingerprint density at radius 1 is 1.12 bits per heavy atom. The average Bonchev–Trinajstić information content (AvgIpc) is 2.67. The Hall–Kier alpha value is -1.66. The highest BCUT2D eigenvalue weighted by Gasteiger charge is 2.23. The Kier molecular flexibility index (Phi) is 9.74. The van der Waals surface area contributed by atoms with Crippen LogP contribution in [0.4, 0.5) is 10.5 Å². The number of carbonyl (C=O) groups excluding carboxylic acids is 2. The number of hydrogen-bond acceptors (Lipinski definition) is 5. The molecule has 2 amide bonds. The minimum Gasteiger partial charge on any atom is -0.444 e. The van der Waals surface area contributed by atoms with Crippen LogP contribution in [0, 0.1) is 0 Å². The number of carbonyl (C=O) groups is 2. The third-order valence-corrected chi connectivity index (χ3v) is 7.38. The van der Waals surface area contributed by atoms with Crippen LogP contribution in [-0.2, 0) is 29.5 Å². The van der Waals surface area contributed by atoms with E-state index < -0.39 is 18.7 Å². The van der Waals surface area contributed by atoms with Crippen LogP contribution in [0.25, 0.3) is 0 Å². The summed E-state index contributed by atoms with van der Waals surface area (Å²) in [5.74, 6) is -0.163. The highest BCUT2D eigenvalue weighted by molar-refractivity contribution is 14.2. The van der Waals surface area contributed by atoms with Crippen molar-refractivity contribution in [2.45, 2.75) is 57.1 Å². The third kappa shape index (κ3) is 9.62. The molecule has 7 nitrogen and oxygen atoms in total. The fraction of sp³-hybridized carbons (Fsp3) is 0.391. The number of nitrogens with one attached hydrogen (secondary N) is 1. The first kappa shape index (κ1) is 27.6. The molecule has 2 aromatic carbocycles. The van der Waals surface area contributed by atoms with Crippen molar-refractivity contribution in [2.24, 2.45) is 0 Å². The van der Waals surface area contributed by atoms with Gasteiger partial charge in [0.25, 0.3) is 0 Å². The van der Waals surface area contributed by atoms with Gasteiger partial charge in [0.2, 0.25) is 12.9 Å². The van der Waals surface area contributed by atoms with Crippen LogP contribution in [0.1, 0.15) is 44.7 Å². The molecule has 33 heavy (non-hydrogen) atoms. The summed E-state index contributed by atoms with van der Waals surface area (Å²) in [6.45, 7) is 5.28. The molecular formula is C23H28BrIN2O5S. The molecule has 0 saturated carbocycles. The van der Waals surface area contributed by atoms with E-state index >= 15 is 0 Å². The second-order valence-electron chi connectivity index (χ2n) is 8.62. The van der Waals surface area contributed by atoms with E-state index in [1.165, 1.54) is 39.2 Å². The van der Waals surface area contributed by atoms with Crippen molar-refractivity contribution < 1.29 is 22.7 Å². The van der Waals surface area contributed by atoms with Crippen molar-refractivity contribution in [3.63, 3.8) is 0 Å². The van der Waals surface area contributed by atoms with Gasteiger partial charge in [0, 0.05) is 23.6 Å². The van der Waals surface area contributed by atoms with Crippen molar-refractivity contribution in [3.8, 4) is 0 Å². The molecule has 180 valence electrons. The Morgan fingerprint density at radius 2 is 1.76 bits per heavy atom. The number of ether oxygens (including phenoxy) is 1. The van der Waals surface area contributed by atoms with Crippen LogP contribution in [0.15, 0.2) is 51.8 Å². The Labute approximate surface area is 215 Å². The van der Waals surface area contributed by atoms with Crippen molar-refractivity contribution in [1.29, 1.82) is 0 Å². The van der Waals surface area contributed by atoms with Gasteiger partial charge >= 0.3 is 6.09 Å². The highest BCUT2D eigenvalue weighted by Crippen LogP contribution is 2.27. The summed E-state index contributed by atoms with van der Waals surface area (Å²) < 4.78 is 30.8. The first-order valence-electron chi connectivity index (χ1n) is 10.3. The number of nitrogens with zero attached hydrogens (tertiary/aromatic N) is 1. The van der Waals surface area contributed by atoms with Crippen molar-refractivity contribution >= 4 is 61.8 Å². The molecule has 0 aromatic heterocycles. The molecule has 1 N–H and O–H groups in total. The van der Waals surface area contributed by atoms with E-state index in [0.29, 0.717) is 24.1 Å². The lowest BCUT2D eigenvalue weighted by Gasteiger charge is -2.25. The molecule has 0 fully saturated rings. The number of rotatable bonds is 8. The summed E-state index contributed by atoms with van der Waals surface area (Å²) in [6, 6.07) is 12.5. The minimum atomic E-state index is -3.56. The summed E-state index contributed by atoms with van der Waals surface area (Å²) in [4.78, 5) is 26.1. The maximum absolute atomic E-state index is 12.4. The molecular weight excluding hydrogens is 623 g/mol. The second kappa shape index (κ2) is 11.7. The molecule has 2 aromatic rings. The van der Waals surface area contributed by atoms with E-state index in [2.05, 4.69) is 21.2 Å². The van der Waals surface area contributed by atoms with Gasteiger partial charge < -0.3 is 15.0 Å². The molecule has 0 saturated heterocycles. The highest BCUT2D eigenvalue weighted by atomic mass is 127. The van der Waals surface area contributed by atoms with Gasteiger partial charge in [-0.05, 0) is 75.1 Å². The molecule has 0 radical (unpaired) electrons. The lowest BCUT2D eigenvalue weighted by atomic mass is 10.1. The van der Waals surface area contributed by atoms with Gasteiger partial charge in [-0.3, -0.25) is 4.79 Å². The van der Waals surface area contributed by atoms with E-state index in [9.17, 15) is 18.0 Å². The number of amides is 2. The van der Waals surface area contributed by atoms with E-state index in [1.807, 2.05) is 24.3 Å². The van der Waals surface area contributed by atoms with Gasteiger partial charge in [-0.2, -0.15) is 0 Å². The molecule has 0 heterocycles. The lowest BCUT2D eigenvalue weighted by Crippen LogP contribution is -2.34. The van der Waals surface area contributed by atoms with Crippen LogP contribution in [0.3, 0.4) is 0 Å². The maximum atomic E-state index is 12.4. The summed E-state index contributed by atoms with van der Waals surface area (Å²) >= 11 is 4.77. The standard InChI is InChI=1S/C23H28BrIN2O5S/c1-23(2,3)32-22(29)27(4)15-17-14-19(12-13-20(17)33(25,30)31)26-21(28)7-5-6-16-8-10-18(24)11-9-16/h8-14H,5-7,15H2,1-4H3,(H,26,28). The smallest absolute Gasteiger partial charge is 0.410 e. The van der Waals surface area contributed by atoms with Gasteiger partial charge in [0.1, 0.15) is 5.60 Å². The predicted octanol–water partition coefficient (Wildman–Crippen LogP) is 5.90. The van der Waals surface area contributed by atoms with Crippen molar-refractivity contribution in [2.75, 3.05) is 12.4 Å². The van der Waals surface area contributed by atoms with Gasteiger partial charge in [-0.25, -0.2) is 13.2 Å². The summed E-state index contributed by atoms with van der Waals surface area (Å²) in [5, 5.41) is 2.82. The summed E-state index contributed by atoms with van der Waals surface area (Å²) in [5.41, 5.74) is 1.34. The molecule has 2 rings (SSSR count). The SMILES string of the molecule is CN(Cc1cc(NC(=O)CCCc2ccc(Br)cc2)ccc1S(=O)(=O)I)C(=O)OC(C)(C)C. The van der Waals surface area contributed by atoms with Crippen molar-refractivity contribution in [3.05, 3.63) is 58.1 Å². The molecule has 0 unspecified atom stereocenters. The predicted molar refractivity (Wildman–Crippen MR) is 141 cm³/mol. The van der Waals surface area contributed by atoms with E-state index in [1.54, 1.807) is 32.9 Å². The van der Waals surface area contributed by atoms with Gasteiger partial charge in [-0.1, -0.05) is 28.1 Å². The number of aryl methyl sites for hydroxylation is 1. The summed E-state index contributed by atoms with van der Waals surface area (Å²) in [6.07, 6.45) is 1.22. The Morgan fingerprint density at radius 3 is 2.33 bits per heavy atom. The monoisotopic (exact) mass is 650 g/mol. The molecule has 0 atom stereocenters. The van der Waals surface area contributed by atoms with Crippen LogP contribution >= 0.6 is 37.1 Å². The molecule has 10 heteroatoms. The molecule has 0 aliphatic heterocycles. The van der Waals surface area contributed by atoms with E-state index in [4.69, 9.17) is 4.74 Å². The van der Waals surface area contributed by atoms with Gasteiger partial charge in [0.05, 0.1) is 32.6 Å². The number of hydrogen-bond donors (Lipinski definition) is 1. The van der Waals surface area contributed by atoms with E-state index in [0.717, 1.165) is 16.5 Å². The average molecular weight is 651 g/mol. The molecule has 0 spiro atoms. The van der Waals surface area contributed by atoms with Crippen LogP contribution < -0.4 is 5.32 Å². The zero-order chi connectivity index (χ0) is 24.8. The van der Waals surface area contributed by atoms with Crippen molar-refractivity contribution in [1.82, 2.24) is 4.90 Å². The first-order valence-corrected chi connectivity index (χ1v) is 15.1. The van der Waals surface area contributed by atoms with E-state index in [-0.39, 0.29) is 17.3 Å². The quantitative estimate of drug-likeness (QED) is 0.284. The van der Waals surface area contributed by atoms with Crippen LogP contribution in [-0.4, -0.2) is 38.0 Å². The zero-order valence-corrected chi connectivity index (χ0v) is 23.6. The van der Waals surface area contributed by atoms with Crippen LogP contribution in [0.2, 0.25) is 0 Å². The van der Waals surface area contributed by atoms with Gasteiger partial charge in [-0.15, -0.1) is 0 Å². The molecule has 0 bridgehead atoms. The molecule has 0 aliphatic rings. The number of anilines is 1. The van der Waals surface area contributed by atoms with Crippen LogP contribution in [0.5, 0.6) is 0 Å². The summed E-state index contributed by atoms with van der Waals surface area (Å²) in [7, 11) is -2.03. The Bertz CT molecular complexity index is 1100. The largest absolute Gasteiger partial charge is 0.444 e. The minimum absolute atomic E-state index is 0.0136. The lowest BCUT2D eigenvalue weighted by molar-refractivity contribution is -0.116. The fourth-order valence-electron chi connectivity index (χ4n) is 3.01. The molecule has 0 aliphatic carbocycles. The topological polar surface area (TPSA) is 92.8 Å². The fourth-order valence-corrected chi connectivity index (χ4v) is 5.23. The Balaban J connectivity index is 2.07. The third-order valence-electron chi connectivity index (χ3n) is 4.50. The first-order chi connectivity index (χ1) is 15.2. The number of halogens is 2.